The van der Waals surface area contributed by atoms with Gasteiger partial charge in [0.1, 0.15) is 24.4 Å². The zero-order valence-corrected chi connectivity index (χ0v) is 44.7. The Morgan fingerprint density at radius 3 is 1.30 bits per heavy atom. The molecule has 0 radical (unpaired) electrons. The van der Waals surface area contributed by atoms with E-state index in [9.17, 15) is 30.3 Å². The summed E-state index contributed by atoms with van der Waals surface area (Å²) in [5.41, 5.74) is 0. The Labute approximate surface area is 433 Å². The second-order valence-electron chi connectivity index (χ2n) is 19.0. The van der Waals surface area contributed by atoms with Crippen molar-refractivity contribution in [3.8, 4) is 0 Å². The Hall–Kier alpha value is -3.41. The van der Waals surface area contributed by atoms with Crippen molar-refractivity contribution in [1.82, 2.24) is 5.32 Å². The minimum atomic E-state index is -1.57. The summed E-state index contributed by atoms with van der Waals surface area (Å²) >= 11 is 0. The molecular formula is C62H103NO8. The van der Waals surface area contributed by atoms with Gasteiger partial charge in [0, 0.05) is 6.42 Å². The van der Waals surface area contributed by atoms with Crippen LogP contribution < -0.4 is 5.32 Å². The molecule has 0 spiro atoms. The summed E-state index contributed by atoms with van der Waals surface area (Å²) in [6, 6.07) is -0.809. The lowest BCUT2D eigenvalue weighted by Crippen LogP contribution is -2.60. The van der Waals surface area contributed by atoms with Gasteiger partial charge in [-0.1, -0.05) is 232 Å². The molecule has 9 heteroatoms. The third-order valence-corrected chi connectivity index (χ3v) is 12.5. The second kappa shape index (κ2) is 50.1. The topological polar surface area (TPSA) is 149 Å². The number of ether oxygens (including phenoxy) is 2. The fourth-order valence-electron chi connectivity index (χ4n) is 8.09. The Bertz CT molecular complexity index is 1520. The SMILES string of the molecule is CC/C=C\C/C=C\C/C=C\C/C=C\C/C=C\C/C=C\C/C=C\C/C=C\C/C=C\CCCCCCCCCCCCCCCC(=O)NC(COC1OC(CO)C(O)C(O)C1O)C(O)/C=C/CCCCCCC. The van der Waals surface area contributed by atoms with Crippen molar-refractivity contribution >= 4 is 5.91 Å². The molecule has 1 fully saturated rings. The molecule has 0 aliphatic carbocycles. The van der Waals surface area contributed by atoms with Crippen LogP contribution in [0.25, 0.3) is 0 Å². The number of nitrogens with one attached hydrogen (secondary N) is 1. The summed E-state index contributed by atoms with van der Waals surface area (Å²) in [4.78, 5) is 12.9. The van der Waals surface area contributed by atoms with Crippen LogP contribution in [0.4, 0.5) is 0 Å². The maximum atomic E-state index is 12.9. The van der Waals surface area contributed by atoms with E-state index >= 15 is 0 Å². The van der Waals surface area contributed by atoms with Gasteiger partial charge in [0.2, 0.25) is 5.91 Å². The maximum Gasteiger partial charge on any atom is 0.220 e. The molecule has 1 saturated heterocycles. The molecule has 6 N–H and O–H groups in total. The van der Waals surface area contributed by atoms with E-state index in [1.165, 1.54) is 89.9 Å². The summed E-state index contributed by atoms with van der Waals surface area (Å²) in [6.07, 6.45) is 68.8. The molecule has 0 aromatic rings. The average Bonchev–Trinajstić information content (AvgIpc) is 3.37. The number of hydrogen-bond acceptors (Lipinski definition) is 8. The summed E-state index contributed by atoms with van der Waals surface area (Å²) in [5.74, 6) is -0.188. The molecular weight excluding hydrogens is 887 g/mol. The molecule has 9 nitrogen and oxygen atoms in total. The molecule has 71 heavy (non-hydrogen) atoms. The molecule has 7 unspecified atom stereocenters. The quantitative estimate of drug-likeness (QED) is 0.0261. The van der Waals surface area contributed by atoms with E-state index < -0.39 is 49.5 Å². The van der Waals surface area contributed by atoms with Crippen LogP contribution in [0.2, 0.25) is 0 Å². The van der Waals surface area contributed by atoms with E-state index in [4.69, 9.17) is 9.47 Å². The number of aliphatic hydroxyl groups is 5. The van der Waals surface area contributed by atoms with Gasteiger partial charge in [-0.3, -0.25) is 4.79 Å². The highest BCUT2D eigenvalue weighted by Crippen LogP contribution is 2.23. The van der Waals surface area contributed by atoms with Crippen LogP contribution >= 0.6 is 0 Å². The number of rotatable bonds is 46. The van der Waals surface area contributed by atoms with E-state index in [2.05, 4.69) is 129 Å². The van der Waals surface area contributed by atoms with E-state index in [0.717, 1.165) is 96.3 Å². The number of carbonyl (C=O) groups excluding carboxylic acids is 1. The predicted octanol–water partition coefficient (Wildman–Crippen LogP) is 14.0. The minimum absolute atomic E-state index is 0.188. The van der Waals surface area contributed by atoms with Crippen LogP contribution in [-0.2, 0) is 14.3 Å². The third kappa shape index (κ3) is 39.8. The Morgan fingerprint density at radius 2 is 0.873 bits per heavy atom. The molecule has 404 valence electrons. The second-order valence-corrected chi connectivity index (χ2v) is 19.0. The first-order chi connectivity index (χ1) is 34.8. The number of hydrogen-bond donors (Lipinski definition) is 6. The minimum Gasteiger partial charge on any atom is -0.394 e. The number of carbonyl (C=O) groups is 1. The lowest BCUT2D eigenvalue weighted by molar-refractivity contribution is -0.302. The van der Waals surface area contributed by atoms with E-state index in [0.29, 0.717) is 6.42 Å². The standard InChI is InChI=1S/C62H103NO8/c1-3-5-7-9-11-12-13-14-15-16-17-18-19-20-21-22-23-24-25-26-27-28-29-30-31-32-33-34-35-36-37-38-39-40-41-42-43-44-46-48-50-52-58(66)63-55(56(65)51-49-47-45-10-8-6-4-2)54-70-62-61(69)60(68)59(67)57(53-64)71-62/h5,7,11-12,14-15,17-18,20-21,23-24,26-27,29-30,32-33,49,51,55-57,59-62,64-65,67-69H,3-4,6,8-10,13,16,19,22,25,28,31,34-48,50,52-54H2,1-2H3,(H,63,66)/b7-5-,12-11-,15-14-,18-17-,21-20-,24-23-,27-26-,30-29-,33-32-,51-49+. The molecule has 1 amide bonds. The molecule has 1 heterocycles. The van der Waals surface area contributed by atoms with Crippen LogP contribution in [-0.4, -0.2) is 87.5 Å². The van der Waals surface area contributed by atoms with Crippen molar-refractivity contribution in [2.24, 2.45) is 0 Å². The maximum absolute atomic E-state index is 12.9. The first kappa shape index (κ1) is 65.6. The molecule has 0 aromatic carbocycles. The molecule has 0 bridgehead atoms. The third-order valence-electron chi connectivity index (χ3n) is 12.5. The molecule has 7 atom stereocenters. The van der Waals surface area contributed by atoms with E-state index in [1.54, 1.807) is 6.08 Å². The van der Waals surface area contributed by atoms with Crippen molar-refractivity contribution in [2.75, 3.05) is 13.2 Å². The lowest BCUT2D eigenvalue weighted by Gasteiger charge is -2.40. The summed E-state index contributed by atoms with van der Waals surface area (Å²) in [6.45, 7) is 3.58. The van der Waals surface area contributed by atoms with Crippen molar-refractivity contribution < 1.29 is 39.8 Å². The zero-order valence-electron chi connectivity index (χ0n) is 44.7. The van der Waals surface area contributed by atoms with Crippen LogP contribution in [0.3, 0.4) is 0 Å². The number of amides is 1. The van der Waals surface area contributed by atoms with E-state index in [-0.39, 0.29) is 12.5 Å². The van der Waals surface area contributed by atoms with Gasteiger partial charge in [0.05, 0.1) is 25.4 Å². The van der Waals surface area contributed by atoms with Gasteiger partial charge in [-0.2, -0.15) is 0 Å². The molecule has 0 aromatic heterocycles. The predicted molar refractivity (Wildman–Crippen MR) is 299 cm³/mol. The summed E-state index contributed by atoms with van der Waals surface area (Å²) in [7, 11) is 0. The van der Waals surface area contributed by atoms with Gasteiger partial charge in [0.25, 0.3) is 0 Å². The van der Waals surface area contributed by atoms with Gasteiger partial charge in [-0.25, -0.2) is 0 Å². The number of unbranched alkanes of at least 4 members (excludes halogenated alkanes) is 18. The largest absolute Gasteiger partial charge is 0.394 e. The van der Waals surface area contributed by atoms with Crippen LogP contribution in [0.1, 0.15) is 206 Å². The molecule has 1 rings (SSSR count). The van der Waals surface area contributed by atoms with Gasteiger partial charge in [0.15, 0.2) is 6.29 Å². The Kier molecular flexibility index (Phi) is 46.3. The van der Waals surface area contributed by atoms with Crippen molar-refractivity contribution in [2.45, 2.75) is 249 Å². The van der Waals surface area contributed by atoms with Gasteiger partial charge in [-0.15, -0.1) is 0 Å². The van der Waals surface area contributed by atoms with Gasteiger partial charge < -0.3 is 40.3 Å². The number of aliphatic hydroxyl groups excluding tert-OH is 5. The highest BCUT2D eigenvalue weighted by Gasteiger charge is 2.44. The van der Waals surface area contributed by atoms with Crippen LogP contribution in [0.15, 0.2) is 122 Å². The Morgan fingerprint density at radius 1 is 0.493 bits per heavy atom. The summed E-state index contributed by atoms with van der Waals surface area (Å²) < 4.78 is 11.2. The number of allylic oxidation sites excluding steroid dienone is 19. The normalized spacial score (nSPS) is 20.2. The van der Waals surface area contributed by atoms with Crippen LogP contribution in [0.5, 0.6) is 0 Å². The van der Waals surface area contributed by atoms with Crippen molar-refractivity contribution in [3.05, 3.63) is 122 Å². The zero-order chi connectivity index (χ0) is 51.5. The van der Waals surface area contributed by atoms with Crippen LogP contribution in [0, 0.1) is 0 Å². The Balaban J connectivity index is 2.05. The van der Waals surface area contributed by atoms with Gasteiger partial charge in [-0.05, 0) is 89.9 Å². The van der Waals surface area contributed by atoms with E-state index in [1.807, 2.05) is 6.08 Å². The average molecular weight is 991 g/mol. The van der Waals surface area contributed by atoms with Gasteiger partial charge >= 0.3 is 0 Å². The molecule has 1 aliphatic heterocycles. The summed E-state index contributed by atoms with van der Waals surface area (Å²) in [5, 5.41) is 54.0. The smallest absolute Gasteiger partial charge is 0.220 e. The van der Waals surface area contributed by atoms with Crippen molar-refractivity contribution in [1.29, 1.82) is 0 Å². The highest BCUT2D eigenvalue weighted by atomic mass is 16.7. The first-order valence-corrected chi connectivity index (χ1v) is 28.3. The fourth-order valence-corrected chi connectivity index (χ4v) is 8.09. The highest BCUT2D eigenvalue weighted by molar-refractivity contribution is 5.76. The first-order valence-electron chi connectivity index (χ1n) is 28.3. The molecule has 0 saturated carbocycles. The monoisotopic (exact) mass is 990 g/mol. The fraction of sp³-hybridized carbons (Fsp3) is 0.661. The molecule has 1 aliphatic rings. The lowest BCUT2D eigenvalue weighted by atomic mass is 9.99. The van der Waals surface area contributed by atoms with Crippen molar-refractivity contribution in [3.63, 3.8) is 0 Å².